The van der Waals surface area contributed by atoms with Crippen LogP contribution in [0, 0.1) is 0 Å². The Morgan fingerprint density at radius 3 is 2.41 bits per heavy atom. The molecule has 0 radical (unpaired) electrons. The normalized spacial score (nSPS) is 10.2. The fourth-order valence-electron chi connectivity index (χ4n) is 2.77. The third-order valence-corrected chi connectivity index (χ3v) is 5.09. The molecule has 3 aromatic carbocycles. The fraction of sp³-hybridized carbons (Fsp3) is 0.130. The molecule has 0 unspecified atom stereocenters. The lowest BCUT2D eigenvalue weighted by Gasteiger charge is -2.14. The first-order valence-electron chi connectivity index (χ1n) is 9.26. The zero-order chi connectivity index (χ0) is 20.5. The Morgan fingerprint density at radius 2 is 1.62 bits per heavy atom. The second-order valence-electron chi connectivity index (χ2n) is 6.32. The molecule has 0 aliphatic carbocycles. The third-order valence-electron chi connectivity index (χ3n) is 4.19. The molecule has 3 aromatic rings. The van der Waals surface area contributed by atoms with E-state index in [1.807, 2.05) is 54.6 Å². The van der Waals surface area contributed by atoms with Crippen molar-refractivity contribution < 1.29 is 9.53 Å². The van der Waals surface area contributed by atoms with Crippen LogP contribution in [0.5, 0.6) is 5.75 Å². The minimum Gasteiger partial charge on any atom is -0.491 e. The number of amides is 1. The van der Waals surface area contributed by atoms with Crippen LogP contribution in [0.15, 0.2) is 83.3 Å². The van der Waals surface area contributed by atoms with Crippen molar-refractivity contribution in [3.8, 4) is 5.75 Å². The van der Waals surface area contributed by atoms with E-state index in [0.717, 1.165) is 12.8 Å². The van der Waals surface area contributed by atoms with Gasteiger partial charge in [-0.25, -0.2) is 0 Å². The summed E-state index contributed by atoms with van der Waals surface area (Å²) >= 11 is 8.67. The van der Waals surface area contributed by atoms with Gasteiger partial charge >= 0.3 is 0 Å². The quantitative estimate of drug-likeness (QED) is 0.350. The van der Waals surface area contributed by atoms with Gasteiger partial charge in [0.1, 0.15) is 5.75 Å². The van der Waals surface area contributed by atoms with Crippen LogP contribution < -0.4 is 15.4 Å². The molecule has 0 bridgehead atoms. The highest BCUT2D eigenvalue weighted by Gasteiger charge is 2.12. The highest BCUT2D eigenvalue weighted by molar-refractivity contribution is 9.10. The fourth-order valence-corrected chi connectivity index (χ4v) is 3.44. The number of hydrogen-bond acceptors (Lipinski definition) is 3. The van der Waals surface area contributed by atoms with Gasteiger partial charge in [-0.05, 0) is 70.8 Å². The first kappa shape index (κ1) is 21.0. The number of carbonyl (C=O) groups excluding carboxylic acids is 1. The number of anilines is 1. The second kappa shape index (κ2) is 10.7. The van der Waals surface area contributed by atoms with Crippen molar-refractivity contribution in [1.82, 2.24) is 5.32 Å². The summed E-state index contributed by atoms with van der Waals surface area (Å²) in [5, 5.41) is 5.96. The molecule has 3 rings (SSSR count). The first-order valence-corrected chi connectivity index (χ1v) is 10.5. The summed E-state index contributed by atoms with van der Waals surface area (Å²) in [5.41, 5.74) is 2.52. The van der Waals surface area contributed by atoms with Gasteiger partial charge in [-0.2, -0.15) is 0 Å². The average molecular weight is 469 g/mol. The molecule has 0 aliphatic heterocycles. The number of thiocarbonyl (C=S) groups is 1. The predicted octanol–water partition coefficient (Wildman–Crippen LogP) is 5.59. The molecule has 4 nitrogen and oxygen atoms in total. The molecule has 0 heterocycles. The first-order chi connectivity index (χ1) is 14.1. The Bertz CT molecular complexity index is 979. The summed E-state index contributed by atoms with van der Waals surface area (Å²) in [7, 11) is 0. The molecule has 1 amide bonds. The van der Waals surface area contributed by atoms with Crippen molar-refractivity contribution in [3.05, 3.63) is 94.5 Å². The minimum absolute atomic E-state index is 0.214. The molecule has 0 fully saturated rings. The molecule has 0 aliphatic rings. The molecular weight excluding hydrogens is 448 g/mol. The van der Waals surface area contributed by atoms with Crippen LogP contribution in [0.4, 0.5) is 5.69 Å². The molecule has 0 saturated heterocycles. The van der Waals surface area contributed by atoms with E-state index in [0.29, 0.717) is 28.1 Å². The lowest BCUT2D eigenvalue weighted by molar-refractivity contribution is 0.0977. The molecule has 29 heavy (non-hydrogen) atoms. The molecule has 148 valence electrons. The molecule has 2 N–H and O–H groups in total. The van der Waals surface area contributed by atoms with Crippen molar-refractivity contribution >= 4 is 44.9 Å². The number of rotatable bonds is 7. The summed E-state index contributed by atoms with van der Waals surface area (Å²) in [5.74, 6) is 0.411. The van der Waals surface area contributed by atoms with Crippen LogP contribution in [-0.4, -0.2) is 17.6 Å². The van der Waals surface area contributed by atoms with Gasteiger partial charge in [0.15, 0.2) is 5.11 Å². The van der Waals surface area contributed by atoms with Gasteiger partial charge in [-0.3, -0.25) is 10.1 Å². The van der Waals surface area contributed by atoms with Crippen LogP contribution >= 0.6 is 28.1 Å². The van der Waals surface area contributed by atoms with E-state index in [2.05, 4.69) is 38.7 Å². The number of nitrogens with one attached hydrogen (secondary N) is 2. The number of carbonyl (C=O) groups is 1. The van der Waals surface area contributed by atoms with Crippen LogP contribution in [0.3, 0.4) is 0 Å². The Morgan fingerprint density at radius 1 is 0.931 bits per heavy atom. The highest BCUT2D eigenvalue weighted by Crippen LogP contribution is 2.24. The number of benzene rings is 3. The van der Waals surface area contributed by atoms with Crippen molar-refractivity contribution in [2.75, 3.05) is 11.9 Å². The van der Waals surface area contributed by atoms with Crippen molar-refractivity contribution in [2.24, 2.45) is 0 Å². The largest absolute Gasteiger partial charge is 0.491 e. The van der Waals surface area contributed by atoms with E-state index in [9.17, 15) is 4.79 Å². The monoisotopic (exact) mass is 468 g/mol. The number of halogens is 1. The van der Waals surface area contributed by atoms with Crippen molar-refractivity contribution in [2.45, 2.75) is 12.8 Å². The Labute approximate surface area is 184 Å². The molecule has 6 heteroatoms. The third kappa shape index (κ3) is 6.41. The van der Waals surface area contributed by atoms with Crippen LogP contribution in [0.25, 0.3) is 0 Å². The van der Waals surface area contributed by atoms with E-state index in [4.69, 9.17) is 17.0 Å². The maximum absolute atomic E-state index is 12.4. The molecule has 0 saturated carbocycles. The Balaban J connectivity index is 1.53. The molecular formula is C23H21BrN2O2S. The summed E-state index contributed by atoms with van der Waals surface area (Å²) in [6.45, 7) is 0.587. The van der Waals surface area contributed by atoms with E-state index < -0.39 is 0 Å². The van der Waals surface area contributed by atoms with E-state index in [1.165, 1.54) is 5.56 Å². The van der Waals surface area contributed by atoms with Gasteiger partial charge in [0.05, 0.1) is 17.9 Å². The van der Waals surface area contributed by atoms with Crippen LogP contribution in [0.2, 0.25) is 0 Å². The van der Waals surface area contributed by atoms with Crippen molar-refractivity contribution in [3.63, 3.8) is 0 Å². The summed E-state index contributed by atoms with van der Waals surface area (Å²) in [6.07, 6.45) is 1.86. The maximum Gasteiger partial charge on any atom is 0.258 e. The smallest absolute Gasteiger partial charge is 0.258 e. The van der Waals surface area contributed by atoms with Gasteiger partial charge in [0.2, 0.25) is 0 Å². The summed E-state index contributed by atoms with van der Waals surface area (Å²) in [4.78, 5) is 12.4. The summed E-state index contributed by atoms with van der Waals surface area (Å²) < 4.78 is 6.64. The number of aryl methyl sites for hydroxylation is 1. The topological polar surface area (TPSA) is 50.4 Å². The van der Waals surface area contributed by atoms with Gasteiger partial charge in [-0.1, -0.05) is 54.6 Å². The van der Waals surface area contributed by atoms with Gasteiger partial charge in [-0.15, -0.1) is 0 Å². The van der Waals surface area contributed by atoms with Crippen molar-refractivity contribution in [1.29, 1.82) is 0 Å². The zero-order valence-electron chi connectivity index (χ0n) is 15.7. The van der Waals surface area contributed by atoms with E-state index >= 15 is 0 Å². The number of hydrogen-bond donors (Lipinski definition) is 2. The second-order valence-corrected chi connectivity index (χ2v) is 7.58. The maximum atomic E-state index is 12.4. The van der Waals surface area contributed by atoms with Crippen LogP contribution in [0.1, 0.15) is 22.3 Å². The van der Waals surface area contributed by atoms with E-state index in [1.54, 1.807) is 12.1 Å². The zero-order valence-corrected chi connectivity index (χ0v) is 18.1. The SMILES string of the molecule is O=C(NC(=S)Nc1ccccc1OCCCc1ccccc1)c1ccccc1Br. The Hall–Kier alpha value is -2.70. The van der Waals surface area contributed by atoms with Gasteiger partial charge < -0.3 is 10.1 Å². The minimum atomic E-state index is -0.281. The molecule has 0 atom stereocenters. The predicted molar refractivity (Wildman–Crippen MR) is 125 cm³/mol. The average Bonchev–Trinajstić information content (AvgIpc) is 2.73. The highest BCUT2D eigenvalue weighted by atomic mass is 79.9. The van der Waals surface area contributed by atoms with Crippen LogP contribution in [-0.2, 0) is 6.42 Å². The molecule has 0 aromatic heterocycles. The number of para-hydroxylation sites is 2. The molecule has 0 spiro atoms. The van der Waals surface area contributed by atoms with Gasteiger partial charge in [0.25, 0.3) is 5.91 Å². The number of ether oxygens (including phenoxy) is 1. The lowest BCUT2D eigenvalue weighted by Crippen LogP contribution is -2.34. The summed E-state index contributed by atoms with van der Waals surface area (Å²) in [6, 6.07) is 25.0. The van der Waals surface area contributed by atoms with Gasteiger partial charge in [0, 0.05) is 4.47 Å². The van der Waals surface area contributed by atoms with E-state index in [-0.39, 0.29) is 11.0 Å². The lowest BCUT2D eigenvalue weighted by atomic mass is 10.1. The standard InChI is InChI=1S/C23H21BrN2O2S/c24-19-13-5-4-12-18(19)22(27)26-23(29)25-20-14-6-7-15-21(20)28-16-8-11-17-9-2-1-3-10-17/h1-7,9-10,12-15H,8,11,16H2,(H2,25,26,27,29). The Kier molecular flexibility index (Phi) is 7.78.